The minimum absolute atomic E-state index is 0.112. The molecule has 0 unspecified atom stereocenters. The van der Waals surface area contributed by atoms with Gasteiger partial charge in [-0.2, -0.15) is 0 Å². The molecule has 1 aromatic carbocycles. The van der Waals surface area contributed by atoms with Crippen LogP contribution in [0, 0.1) is 0 Å². The summed E-state index contributed by atoms with van der Waals surface area (Å²) < 4.78 is 5.29. The number of morpholine rings is 1. The Hall–Kier alpha value is -2.54. The Labute approximate surface area is 152 Å². The first-order valence-electron chi connectivity index (χ1n) is 9.19. The Morgan fingerprint density at radius 2 is 2.00 bits per heavy atom. The number of fused-ring (bicyclic) bond motifs is 1. The fourth-order valence-corrected chi connectivity index (χ4v) is 3.27. The molecular weight excluding hydrogens is 332 g/mol. The topological polar surface area (TPSA) is 86.5 Å². The second kappa shape index (κ2) is 7.37. The van der Waals surface area contributed by atoms with Gasteiger partial charge in [-0.3, -0.25) is 4.79 Å². The lowest BCUT2D eigenvalue weighted by Crippen LogP contribution is -2.54. The number of urea groups is 1. The number of nitrogens with zero attached hydrogens (tertiary/aromatic N) is 1. The maximum atomic E-state index is 12.7. The number of H-pyrrole nitrogens is 1. The molecule has 0 spiro atoms. The second-order valence-electron chi connectivity index (χ2n) is 6.95. The smallest absolute Gasteiger partial charge is 0.318 e. The van der Waals surface area contributed by atoms with Crippen molar-refractivity contribution in [2.45, 2.75) is 31.3 Å². The van der Waals surface area contributed by atoms with Crippen molar-refractivity contribution >= 4 is 22.8 Å². The number of nitrogens with one attached hydrogen (secondary N) is 3. The number of ether oxygens (including phenoxy) is 1. The molecule has 3 N–H and O–H groups in total. The van der Waals surface area contributed by atoms with Crippen LogP contribution >= 0.6 is 0 Å². The first-order chi connectivity index (χ1) is 12.7. The van der Waals surface area contributed by atoms with Gasteiger partial charge >= 0.3 is 6.03 Å². The van der Waals surface area contributed by atoms with Crippen LogP contribution in [0.5, 0.6) is 0 Å². The van der Waals surface area contributed by atoms with Crippen molar-refractivity contribution in [2.75, 3.05) is 26.3 Å². The van der Waals surface area contributed by atoms with E-state index in [0.717, 1.165) is 29.3 Å². The van der Waals surface area contributed by atoms with Gasteiger partial charge in [0.1, 0.15) is 6.04 Å². The van der Waals surface area contributed by atoms with E-state index in [1.165, 1.54) is 0 Å². The molecule has 26 heavy (non-hydrogen) atoms. The zero-order valence-corrected chi connectivity index (χ0v) is 14.7. The van der Waals surface area contributed by atoms with E-state index >= 15 is 0 Å². The Morgan fingerprint density at radius 1 is 1.23 bits per heavy atom. The molecule has 1 aliphatic carbocycles. The summed E-state index contributed by atoms with van der Waals surface area (Å²) in [7, 11) is 0. The van der Waals surface area contributed by atoms with Crippen molar-refractivity contribution in [1.82, 2.24) is 20.5 Å². The molecule has 0 bridgehead atoms. The number of para-hydroxylation sites is 1. The number of carbonyl (C=O) groups is 2. The van der Waals surface area contributed by atoms with Crippen LogP contribution in [0.4, 0.5) is 4.79 Å². The normalized spacial score (nSPS) is 18.5. The number of rotatable bonds is 5. The summed E-state index contributed by atoms with van der Waals surface area (Å²) in [6, 6.07) is 7.44. The Balaban J connectivity index is 1.50. The van der Waals surface area contributed by atoms with E-state index in [-0.39, 0.29) is 18.0 Å². The predicted molar refractivity (Wildman–Crippen MR) is 97.9 cm³/mol. The van der Waals surface area contributed by atoms with E-state index in [9.17, 15) is 9.59 Å². The number of carbonyl (C=O) groups excluding carboxylic acids is 2. The van der Waals surface area contributed by atoms with E-state index in [2.05, 4.69) is 15.6 Å². The highest BCUT2D eigenvalue weighted by Crippen LogP contribution is 2.21. The summed E-state index contributed by atoms with van der Waals surface area (Å²) in [6.45, 7) is 2.18. The quantitative estimate of drug-likeness (QED) is 0.757. The van der Waals surface area contributed by atoms with E-state index in [1.54, 1.807) is 4.90 Å². The third kappa shape index (κ3) is 3.83. The van der Waals surface area contributed by atoms with Crippen molar-refractivity contribution in [1.29, 1.82) is 0 Å². The molecule has 1 saturated carbocycles. The van der Waals surface area contributed by atoms with Crippen molar-refractivity contribution < 1.29 is 14.3 Å². The van der Waals surface area contributed by atoms with Crippen LogP contribution in [0.3, 0.4) is 0 Å². The van der Waals surface area contributed by atoms with Gasteiger partial charge < -0.3 is 25.3 Å². The molecular formula is C19H24N4O3. The summed E-state index contributed by atoms with van der Waals surface area (Å²) >= 11 is 0. The third-order valence-electron chi connectivity index (χ3n) is 4.94. The monoisotopic (exact) mass is 356 g/mol. The van der Waals surface area contributed by atoms with Gasteiger partial charge in [-0.15, -0.1) is 0 Å². The molecule has 2 heterocycles. The van der Waals surface area contributed by atoms with E-state index in [0.29, 0.717) is 32.7 Å². The van der Waals surface area contributed by atoms with Gasteiger partial charge in [-0.05, 0) is 24.5 Å². The zero-order valence-electron chi connectivity index (χ0n) is 14.7. The number of aromatic nitrogens is 1. The van der Waals surface area contributed by atoms with Gasteiger partial charge in [0.25, 0.3) is 0 Å². The van der Waals surface area contributed by atoms with Crippen LogP contribution < -0.4 is 10.6 Å². The molecule has 7 heteroatoms. The highest BCUT2D eigenvalue weighted by molar-refractivity contribution is 5.89. The molecule has 138 valence electrons. The number of hydrogen-bond acceptors (Lipinski definition) is 3. The first-order valence-corrected chi connectivity index (χ1v) is 9.19. The van der Waals surface area contributed by atoms with Crippen molar-refractivity contribution in [3.63, 3.8) is 0 Å². The van der Waals surface area contributed by atoms with Crippen LogP contribution in [0.1, 0.15) is 18.4 Å². The molecule has 1 aliphatic heterocycles. The van der Waals surface area contributed by atoms with Crippen LogP contribution in [0.25, 0.3) is 10.9 Å². The van der Waals surface area contributed by atoms with Crippen molar-refractivity contribution in [3.05, 3.63) is 36.0 Å². The molecule has 0 radical (unpaired) electrons. The summed E-state index contributed by atoms with van der Waals surface area (Å²) in [5.74, 6) is -0.112. The fraction of sp³-hybridized carbons (Fsp3) is 0.474. The van der Waals surface area contributed by atoms with Gasteiger partial charge in [-0.1, -0.05) is 18.2 Å². The maximum Gasteiger partial charge on any atom is 0.318 e. The van der Waals surface area contributed by atoms with Crippen LogP contribution in [0.2, 0.25) is 0 Å². The molecule has 2 aliphatic rings. The highest BCUT2D eigenvalue weighted by atomic mass is 16.5. The average Bonchev–Trinajstić information content (AvgIpc) is 3.40. The summed E-state index contributed by atoms with van der Waals surface area (Å²) in [6.07, 6.45) is 4.41. The van der Waals surface area contributed by atoms with Gasteiger partial charge in [0.2, 0.25) is 5.91 Å². The molecule has 4 rings (SSSR count). The van der Waals surface area contributed by atoms with Crippen LogP contribution in [0.15, 0.2) is 30.5 Å². The Morgan fingerprint density at radius 3 is 2.77 bits per heavy atom. The molecule has 1 saturated heterocycles. The van der Waals surface area contributed by atoms with Gasteiger partial charge in [0.05, 0.1) is 13.2 Å². The van der Waals surface area contributed by atoms with Crippen molar-refractivity contribution in [3.8, 4) is 0 Å². The molecule has 3 amide bonds. The highest BCUT2D eigenvalue weighted by Gasteiger charge is 2.30. The fourth-order valence-electron chi connectivity index (χ4n) is 3.27. The third-order valence-corrected chi connectivity index (χ3v) is 4.94. The minimum atomic E-state index is -0.592. The minimum Gasteiger partial charge on any atom is -0.378 e. The number of hydrogen-bond donors (Lipinski definition) is 3. The summed E-state index contributed by atoms with van der Waals surface area (Å²) in [4.78, 5) is 30.2. The summed E-state index contributed by atoms with van der Waals surface area (Å²) in [5, 5.41) is 7.02. The number of benzene rings is 1. The largest absolute Gasteiger partial charge is 0.378 e. The lowest BCUT2D eigenvalue weighted by atomic mass is 10.0. The molecule has 2 fully saturated rings. The molecule has 2 aromatic rings. The molecule has 1 atom stereocenters. The number of aromatic amines is 1. The number of amides is 3. The average molecular weight is 356 g/mol. The van der Waals surface area contributed by atoms with Crippen LogP contribution in [-0.2, 0) is 16.0 Å². The Kier molecular flexibility index (Phi) is 4.79. The molecule has 7 nitrogen and oxygen atoms in total. The summed E-state index contributed by atoms with van der Waals surface area (Å²) in [5.41, 5.74) is 2.06. The van der Waals surface area contributed by atoms with Gasteiger partial charge in [0, 0.05) is 42.7 Å². The second-order valence-corrected chi connectivity index (χ2v) is 6.95. The Bertz CT molecular complexity index is 793. The van der Waals surface area contributed by atoms with E-state index in [4.69, 9.17) is 4.74 Å². The van der Waals surface area contributed by atoms with Gasteiger partial charge in [-0.25, -0.2) is 4.79 Å². The first kappa shape index (κ1) is 16.9. The van der Waals surface area contributed by atoms with Crippen LogP contribution in [-0.4, -0.2) is 60.2 Å². The van der Waals surface area contributed by atoms with E-state index in [1.807, 2.05) is 30.5 Å². The maximum absolute atomic E-state index is 12.7. The lowest BCUT2D eigenvalue weighted by molar-refractivity contribution is -0.123. The van der Waals surface area contributed by atoms with E-state index < -0.39 is 6.04 Å². The zero-order chi connectivity index (χ0) is 17.9. The SMILES string of the molecule is O=C(NC1CC1)[C@@H](Cc1c[nH]c2ccccc12)NC(=O)N1CCOCC1. The van der Waals surface area contributed by atoms with Gasteiger partial charge in [0.15, 0.2) is 0 Å². The predicted octanol–water partition coefficient (Wildman–Crippen LogP) is 1.40. The standard InChI is InChI=1S/C19H24N4O3/c24-18(21-14-5-6-14)17(22-19(25)23-7-9-26-10-8-23)11-13-12-20-16-4-2-1-3-15(13)16/h1-4,12,14,17,20H,5-11H2,(H,21,24)(H,22,25)/t17-/m1/s1. The van der Waals surface area contributed by atoms with Crippen molar-refractivity contribution in [2.24, 2.45) is 0 Å². The molecule has 1 aromatic heterocycles. The lowest BCUT2D eigenvalue weighted by Gasteiger charge is -2.29.